The fraction of sp³-hybridized carbons (Fsp3) is 0.435. The Kier molecular flexibility index (Phi) is 8.33. The van der Waals surface area contributed by atoms with Gasteiger partial charge < -0.3 is 9.64 Å². The van der Waals surface area contributed by atoms with Crippen LogP contribution >= 0.6 is 12.4 Å². The third-order valence-electron chi connectivity index (χ3n) is 5.34. The second-order valence-corrected chi connectivity index (χ2v) is 7.12. The summed E-state index contributed by atoms with van der Waals surface area (Å²) < 4.78 is 5.97. The van der Waals surface area contributed by atoms with Gasteiger partial charge in [-0.2, -0.15) is 0 Å². The Bertz CT molecular complexity index is 682. The van der Waals surface area contributed by atoms with Gasteiger partial charge in [-0.3, -0.25) is 4.79 Å². The van der Waals surface area contributed by atoms with Gasteiger partial charge in [0.2, 0.25) is 0 Å². The first-order valence-electron chi connectivity index (χ1n) is 9.75. The molecule has 2 aromatic carbocycles. The van der Waals surface area contributed by atoms with Crippen LogP contribution in [0.3, 0.4) is 0 Å². The first-order chi connectivity index (χ1) is 12.7. The number of halogens is 1. The topological polar surface area (TPSA) is 29.5 Å². The van der Waals surface area contributed by atoms with Crippen LogP contribution in [0.2, 0.25) is 0 Å². The summed E-state index contributed by atoms with van der Waals surface area (Å²) in [7, 11) is 0. The highest BCUT2D eigenvalue weighted by Crippen LogP contribution is 2.37. The first-order valence-corrected chi connectivity index (χ1v) is 9.75. The van der Waals surface area contributed by atoms with E-state index < -0.39 is 5.60 Å². The standard InChI is InChI=1S/C23H29NO2.ClH/c1-2-22(25)26-23(21-13-7-4-8-14-21)15-18-24(19-16-23)17-9-12-20-10-5-3-6-11-20;/h3-8,10-11,13-14H,2,9,12,15-19H2,1H3;1H. The number of hydrogen-bond acceptors (Lipinski definition) is 3. The molecule has 0 atom stereocenters. The van der Waals surface area contributed by atoms with Crippen LogP contribution in [0, 0.1) is 0 Å². The number of esters is 1. The number of aryl methyl sites for hydroxylation is 1. The van der Waals surface area contributed by atoms with Gasteiger partial charge in [-0.15, -0.1) is 12.4 Å². The Hall–Kier alpha value is -1.84. The van der Waals surface area contributed by atoms with Gasteiger partial charge in [-0.1, -0.05) is 67.6 Å². The molecule has 0 bridgehead atoms. The molecular weight excluding hydrogens is 358 g/mol. The molecule has 2 aromatic rings. The van der Waals surface area contributed by atoms with Crippen molar-refractivity contribution in [1.29, 1.82) is 0 Å². The molecule has 146 valence electrons. The molecule has 0 amide bonds. The summed E-state index contributed by atoms with van der Waals surface area (Å²) in [5.41, 5.74) is 2.08. The largest absolute Gasteiger partial charge is 0.454 e. The summed E-state index contributed by atoms with van der Waals surface area (Å²) in [5, 5.41) is 0. The van der Waals surface area contributed by atoms with Crippen molar-refractivity contribution in [3.05, 3.63) is 71.8 Å². The molecule has 0 unspecified atom stereocenters. The molecule has 1 heterocycles. The molecular formula is C23H30ClNO2. The lowest BCUT2D eigenvalue weighted by atomic mass is 9.84. The summed E-state index contributed by atoms with van der Waals surface area (Å²) in [6.45, 7) is 4.91. The van der Waals surface area contributed by atoms with Crippen LogP contribution in [0.15, 0.2) is 60.7 Å². The van der Waals surface area contributed by atoms with Gasteiger partial charge in [0.1, 0.15) is 5.60 Å². The molecule has 27 heavy (non-hydrogen) atoms. The third-order valence-corrected chi connectivity index (χ3v) is 5.34. The molecule has 1 aliphatic rings. The fourth-order valence-corrected chi connectivity index (χ4v) is 3.77. The maximum atomic E-state index is 12.0. The smallest absolute Gasteiger partial charge is 0.306 e. The van der Waals surface area contributed by atoms with Crippen molar-refractivity contribution in [2.45, 2.75) is 44.6 Å². The monoisotopic (exact) mass is 387 g/mol. The maximum Gasteiger partial charge on any atom is 0.306 e. The maximum absolute atomic E-state index is 12.0. The molecule has 0 N–H and O–H groups in total. The minimum absolute atomic E-state index is 0. The van der Waals surface area contributed by atoms with E-state index >= 15 is 0 Å². The van der Waals surface area contributed by atoms with Crippen LogP contribution in [0.25, 0.3) is 0 Å². The second-order valence-electron chi connectivity index (χ2n) is 7.12. The molecule has 1 fully saturated rings. The highest BCUT2D eigenvalue weighted by molar-refractivity contribution is 5.85. The number of hydrogen-bond donors (Lipinski definition) is 0. The molecule has 0 aromatic heterocycles. The number of piperidine rings is 1. The van der Waals surface area contributed by atoms with Crippen molar-refractivity contribution < 1.29 is 9.53 Å². The fourth-order valence-electron chi connectivity index (χ4n) is 3.77. The normalized spacial score (nSPS) is 16.3. The lowest BCUT2D eigenvalue weighted by Crippen LogP contribution is -2.45. The van der Waals surface area contributed by atoms with E-state index in [0.717, 1.165) is 50.9 Å². The van der Waals surface area contributed by atoms with Crippen LogP contribution in [-0.2, 0) is 21.6 Å². The second kappa shape index (κ2) is 10.5. The van der Waals surface area contributed by atoms with Crippen molar-refractivity contribution in [3.8, 4) is 0 Å². The van der Waals surface area contributed by atoms with Gasteiger partial charge in [0.05, 0.1) is 0 Å². The van der Waals surface area contributed by atoms with Gasteiger partial charge in [0, 0.05) is 32.4 Å². The molecule has 1 saturated heterocycles. The quantitative estimate of drug-likeness (QED) is 0.627. The zero-order chi connectivity index (χ0) is 18.2. The Morgan fingerprint density at radius 3 is 2.19 bits per heavy atom. The number of likely N-dealkylation sites (tertiary alicyclic amines) is 1. The Balaban J connectivity index is 0.00000261. The predicted octanol–water partition coefficient (Wildman–Crippen LogP) is 4.99. The van der Waals surface area contributed by atoms with Crippen molar-refractivity contribution in [3.63, 3.8) is 0 Å². The molecule has 3 nitrogen and oxygen atoms in total. The lowest BCUT2D eigenvalue weighted by molar-refractivity contribution is -0.166. The van der Waals surface area contributed by atoms with E-state index in [4.69, 9.17) is 4.74 Å². The van der Waals surface area contributed by atoms with Gasteiger partial charge in [-0.05, 0) is 30.5 Å². The average molecular weight is 388 g/mol. The van der Waals surface area contributed by atoms with Crippen molar-refractivity contribution >= 4 is 18.4 Å². The number of benzene rings is 2. The molecule has 0 aliphatic carbocycles. The third kappa shape index (κ3) is 5.82. The van der Waals surface area contributed by atoms with Gasteiger partial charge >= 0.3 is 5.97 Å². The molecule has 1 aliphatic heterocycles. The molecule has 0 spiro atoms. The lowest BCUT2D eigenvalue weighted by Gasteiger charge is -2.41. The summed E-state index contributed by atoms with van der Waals surface area (Å²) in [4.78, 5) is 14.5. The molecule has 0 saturated carbocycles. The van der Waals surface area contributed by atoms with E-state index in [0.29, 0.717) is 6.42 Å². The van der Waals surface area contributed by atoms with Gasteiger partial charge in [0.25, 0.3) is 0 Å². The van der Waals surface area contributed by atoms with Crippen molar-refractivity contribution in [2.75, 3.05) is 19.6 Å². The summed E-state index contributed by atoms with van der Waals surface area (Å²) in [6, 6.07) is 20.9. The number of rotatable bonds is 7. The summed E-state index contributed by atoms with van der Waals surface area (Å²) in [6.07, 6.45) is 4.45. The SMILES string of the molecule is CCC(=O)OC1(c2ccccc2)CCN(CCCc2ccccc2)CC1.Cl. The van der Waals surface area contributed by atoms with Gasteiger partial charge in [-0.25, -0.2) is 0 Å². The van der Waals surface area contributed by atoms with Crippen molar-refractivity contribution in [2.24, 2.45) is 0 Å². The van der Waals surface area contributed by atoms with E-state index in [2.05, 4.69) is 47.4 Å². The Morgan fingerprint density at radius 2 is 1.59 bits per heavy atom. The van der Waals surface area contributed by atoms with Crippen LogP contribution in [-0.4, -0.2) is 30.5 Å². The minimum atomic E-state index is -0.454. The summed E-state index contributed by atoms with van der Waals surface area (Å²) >= 11 is 0. The highest BCUT2D eigenvalue weighted by atomic mass is 35.5. The van der Waals surface area contributed by atoms with Crippen LogP contribution < -0.4 is 0 Å². The average Bonchev–Trinajstić information content (AvgIpc) is 2.71. The zero-order valence-corrected chi connectivity index (χ0v) is 16.9. The van der Waals surface area contributed by atoms with E-state index in [1.54, 1.807) is 0 Å². The van der Waals surface area contributed by atoms with Crippen molar-refractivity contribution in [1.82, 2.24) is 4.90 Å². The zero-order valence-electron chi connectivity index (χ0n) is 16.1. The van der Waals surface area contributed by atoms with Gasteiger partial charge in [0.15, 0.2) is 0 Å². The number of nitrogens with zero attached hydrogens (tertiary/aromatic N) is 1. The Labute approximate surface area is 169 Å². The first kappa shape index (κ1) is 21.5. The van der Waals surface area contributed by atoms with Crippen LogP contribution in [0.4, 0.5) is 0 Å². The molecule has 0 radical (unpaired) electrons. The molecule has 3 rings (SSSR count). The number of ether oxygens (including phenoxy) is 1. The minimum Gasteiger partial charge on any atom is -0.454 e. The number of carbonyl (C=O) groups is 1. The molecule has 4 heteroatoms. The Morgan fingerprint density at radius 1 is 1.00 bits per heavy atom. The van der Waals surface area contributed by atoms with E-state index in [1.807, 2.05) is 25.1 Å². The van der Waals surface area contributed by atoms with E-state index in [-0.39, 0.29) is 18.4 Å². The highest BCUT2D eigenvalue weighted by Gasteiger charge is 2.39. The van der Waals surface area contributed by atoms with Crippen LogP contribution in [0.1, 0.15) is 43.7 Å². The van der Waals surface area contributed by atoms with E-state index in [1.165, 1.54) is 5.56 Å². The summed E-state index contributed by atoms with van der Waals surface area (Å²) in [5.74, 6) is -0.105. The predicted molar refractivity (Wildman–Crippen MR) is 112 cm³/mol. The van der Waals surface area contributed by atoms with Crippen LogP contribution in [0.5, 0.6) is 0 Å². The number of carbonyl (C=O) groups excluding carboxylic acids is 1. The van der Waals surface area contributed by atoms with E-state index in [9.17, 15) is 4.79 Å².